The van der Waals surface area contributed by atoms with Crippen molar-refractivity contribution in [2.75, 3.05) is 13.2 Å². The van der Waals surface area contributed by atoms with Crippen LogP contribution in [0.2, 0.25) is 0 Å². The van der Waals surface area contributed by atoms with Gasteiger partial charge in [0.15, 0.2) is 5.79 Å². The van der Waals surface area contributed by atoms with Gasteiger partial charge in [0.2, 0.25) is 0 Å². The molecule has 0 rings (SSSR count). The van der Waals surface area contributed by atoms with Gasteiger partial charge >= 0.3 is 6.18 Å². The molecule has 0 heterocycles. The normalized spacial score (nSPS) is 17.3. The van der Waals surface area contributed by atoms with Crippen molar-refractivity contribution in [3.63, 3.8) is 0 Å². The molecule has 194 valence electrons. The molecule has 0 amide bonds. The molecule has 0 aromatic carbocycles. The number of alkyl halides is 3. The Kier molecular flexibility index (Phi) is 17.0. The van der Waals surface area contributed by atoms with E-state index in [0.717, 1.165) is 30.6 Å². The van der Waals surface area contributed by atoms with E-state index >= 15 is 0 Å². The lowest BCUT2D eigenvalue weighted by atomic mass is 9.90. The molecular weight excluding hydrogens is 413 g/mol. The summed E-state index contributed by atoms with van der Waals surface area (Å²) in [5, 5.41) is 0. The molecule has 0 aromatic heterocycles. The Hall–Kier alpha value is -0.290. The third-order valence-electron chi connectivity index (χ3n) is 6.58. The molecule has 0 spiro atoms. The van der Waals surface area contributed by atoms with Gasteiger partial charge < -0.3 is 9.47 Å². The first-order chi connectivity index (χ1) is 14.9. The van der Waals surface area contributed by atoms with E-state index in [4.69, 9.17) is 9.47 Å². The summed E-state index contributed by atoms with van der Waals surface area (Å²) in [7, 11) is 0. The summed E-state index contributed by atoms with van der Waals surface area (Å²) in [6.07, 6.45) is 9.79. The van der Waals surface area contributed by atoms with Crippen LogP contribution in [0, 0.1) is 23.7 Å². The maximum atomic E-state index is 12.5. The van der Waals surface area contributed by atoms with Crippen LogP contribution < -0.4 is 0 Å². The first kappa shape index (κ1) is 31.7. The van der Waals surface area contributed by atoms with Gasteiger partial charge in [0, 0.05) is 13.0 Å². The summed E-state index contributed by atoms with van der Waals surface area (Å²) in [4.78, 5) is 0. The van der Waals surface area contributed by atoms with Gasteiger partial charge in [-0.05, 0) is 43.9 Å². The standard InChI is InChI=1S/C27H53F3O2/c1-8-31-26(7,32-21-27(28,29)30)20-12-19-25(6)18-11-17-24(5)16-10-15-23(4)14-9-13-22(2)3/h22-25H,8-21H2,1-7H3/t23-,24-,25-,26?/m1/s1. The number of rotatable bonds is 20. The van der Waals surface area contributed by atoms with E-state index in [2.05, 4.69) is 34.6 Å². The van der Waals surface area contributed by atoms with Crippen molar-refractivity contribution < 1.29 is 22.6 Å². The maximum absolute atomic E-state index is 12.5. The highest BCUT2D eigenvalue weighted by Gasteiger charge is 2.34. The summed E-state index contributed by atoms with van der Waals surface area (Å²) in [5.41, 5.74) is 0. The summed E-state index contributed by atoms with van der Waals surface area (Å²) >= 11 is 0. The monoisotopic (exact) mass is 466 g/mol. The Morgan fingerprint density at radius 1 is 0.625 bits per heavy atom. The van der Waals surface area contributed by atoms with Gasteiger partial charge in [-0.3, -0.25) is 0 Å². The van der Waals surface area contributed by atoms with E-state index in [1.165, 1.54) is 57.8 Å². The smallest absolute Gasteiger partial charge is 0.351 e. The zero-order chi connectivity index (χ0) is 24.6. The van der Waals surface area contributed by atoms with Crippen molar-refractivity contribution in [2.45, 2.75) is 137 Å². The van der Waals surface area contributed by atoms with Gasteiger partial charge in [-0.2, -0.15) is 13.2 Å². The molecule has 0 N–H and O–H groups in total. The Labute approximate surface area is 197 Å². The Bertz CT molecular complexity index is 439. The second-order valence-electron chi connectivity index (χ2n) is 10.9. The van der Waals surface area contributed by atoms with Crippen molar-refractivity contribution in [3.8, 4) is 0 Å². The number of halogens is 3. The van der Waals surface area contributed by atoms with Gasteiger partial charge in [-0.1, -0.05) is 98.8 Å². The fourth-order valence-electron chi connectivity index (χ4n) is 4.43. The Balaban J connectivity index is 3.93. The number of hydrogen-bond acceptors (Lipinski definition) is 2. The largest absolute Gasteiger partial charge is 0.411 e. The predicted octanol–water partition coefficient (Wildman–Crippen LogP) is 9.56. The van der Waals surface area contributed by atoms with Crippen molar-refractivity contribution >= 4 is 0 Å². The molecule has 0 aliphatic heterocycles. The molecule has 0 fully saturated rings. The molecule has 32 heavy (non-hydrogen) atoms. The van der Waals surface area contributed by atoms with Crippen LogP contribution in [0.15, 0.2) is 0 Å². The Morgan fingerprint density at radius 3 is 1.41 bits per heavy atom. The molecule has 1 unspecified atom stereocenters. The van der Waals surface area contributed by atoms with Gasteiger partial charge in [0.1, 0.15) is 6.61 Å². The van der Waals surface area contributed by atoms with E-state index in [1.807, 2.05) is 0 Å². The van der Waals surface area contributed by atoms with Gasteiger partial charge in [0.25, 0.3) is 0 Å². The van der Waals surface area contributed by atoms with Crippen LogP contribution in [0.25, 0.3) is 0 Å². The van der Waals surface area contributed by atoms with Crippen LogP contribution in [0.5, 0.6) is 0 Å². The van der Waals surface area contributed by atoms with Crippen LogP contribution in [0.1, 0.15) is 126 Å². The third kappa shape index (κ3) is 19.2. The topological polar surface area (TPSA) is 18.5 Å². The molecule has 0 aliphatic rings. The van der Waals surface area contributed by atoms with Crippen molar-refractivity contribution in [1.29, 1.82) is 0 Å². The van der Waals surface area contributed by atoms with Crippen molar-refractivity contribution in [3.05, 3.63) is 0 Å². The average molecular weight is 467 g/mol. The lowest BCUT2D eigenvalue weighted by molar-refractivity contribution is -0.278. The molecule has 2 nitrogen and oxygen atoms in total. The second-order valence-corrected chi connectivity index (χ2v) is 10.9. The minimum atomic E-state index is -4.33. The Morgan fingerprint density at radius 2 is 1.03 bits per heavy atom. The quantitative estimate of drug-likeness (QED) is 0.166. The highest BCUT2D eigenvalue weighted by Crippen LogP contribution is 2.27. The summed E-state index contributed by atoms with van der Waals surface area (Å²) < 4.78 is 48.0. The van der Waals surface area contributed by atoms with E-state index in [0.29, 0.717) is 18.9 Å². The summed E-state index contributed by atoms with van der Waals surface area (Å²) in [6, 6.07) is 0. The lowest BCUT2D eigenvalue weighted by Crippen LogP contribution is -2.36. The molecule has 0 bridgehead atoms. The predicted molar refractivity (Wildman–Crippen MR) is 130 cm³/mol. The van der Waals surface area contributed by atoms with E-state index < -0.39 is 18.6 Å². The SMILES string of the molecule is CCOC(C)(CCC[C@H](C)CCC[C@H](C)CCC[C@H](C)CCCC(C)C)OCC(F)(F)F. The molecule has 0 saturated carbocycles. The zero-order valence-electron chi connectivity index (χ0n) is 22.2. The molecule has 0 radical (unpaired) electrons. The highest BCUT2D eigenvalue weighted by molar-refractivity contribution is 4.67. The van der Waals surface area contributed by atoms with Crippen molar-refractivity contribution in [1.82, 2.24) is 0 Å². The van der Waals surface area contributed by atoms with Crippen LogP contribution in [-0.4, -0.2) is 25.2 Å². The van der Waals surface area contributed by atoms with Crippen molar-refractivity contribution in [2.24, 2.45) is 23.7 Å². The van der Waals surface area contributed by atoms with Crippen LogP contribution in [0.4, 0.5) is 13.2 Å². The molecule has 0 aromatic rings. The van der Waals surface area contributed by atoms with E-state index in [9.17, 15) is 13.2 Å². The highest BCUT2D eigenvalue weighted by atomic mass is 19.4. The van der Waals surface area contributed by atoms with Gasteiger partial charge in [0.05, 0.1) is 0 Å². The molecule has 0 saturated heterocycles. The summed E-state index contributed by atoms with van der Waals surface area (Å²) in [5.74, 6) is 1.88. The van der Waals surface area contributed by atoms with Crippen LogP contribution >= 0.6 is 0 Å². The zero-order valence-corrected chi connectivity index (χ0v) is 22.2. The third-order valence-corrected chi connectivity index (χ3v) is 6.58. The van der Waals surface area contributed by atoms with E-state index in [-0.39, 0.29) is 0 Å². The number of hydrogen-bond donors (Lipinski definition) is 0. The average Bonchev–Trinajstić information content (AvgIpc) is 2.66. The minimum Gasteiger partial charge on any atom is -0.351 e. The second kappa shape index (κ2) is 17.2. The van der Waals surface area contributed by atoms with E-state index in [1.54, 1.807) is 13.8 Å². The number of ether oxygens (including phenoxy) is 2. The minimum absolute atomic E-state index is 0.346. The van der Waals surface area contributed by atoms with Gasteiger partial charge in [-0.25, -0.2) is 0 Å². The summed E-state index contributed by atoms with van der Waals surface area (Å²) in [6.45, 7) is 14.1. The molecule has 5 heteroatoms. The molecule has 0 aliphatic carbocycles. The maximum Gasteiger partial charge on any atom is 0.411 e. The van der Waals surface area contributed by atoms with Crippen LogP contribution in [-0.2, 0) is 9.47 Å². The molecular formula is C27H53F3O2. The van der Waals surface area contributed by atoms with Crippen LogP contribution in [0.3, 0.4) is 0 Å². The lowest BCUT2D eigenvalue weighted by Gasteiger charge is -2.30. The fourth-order valence-corrected chi connectivity index (χ4v) is 4.43. The molecule has 4 atom stereocenters. The van der Waals surface area contributed by atoms with Gasteiger partial charge in [-0.15, -0.1) is 0 Å². The first-order valence-corrected chi connectivity index (χ1v) is 13.2. The first-order valence-electron chi connectivity index (χ1n) is 13.2. The fraction of sp³-hybridized carbons (Fsp3) is 1.00.